The third kappa shape index (κ3) is 6.17. The van der Waals surface area contributed by atoms with Gasteiger partial charge in [0.25, 0.3) is 5.91 Å². The van der Waals surface area contributed by atoms with Crippen molar-refractivity contribution in [1.82, 2.24) is 10.0 Å². The van der Waals surface area contributed by atoms with E-state index >= 15 is 0 Å². The Morgan fingerprint density at radius 1 is 1.06 bits per heavy atom. The van der Waals surface area contributed by atoms with E-state index in [2.05, 4.69) is 21.9 Å². The molecule has 3 N–H and O–H groups in total. The largest absolute Gasteiger partial charge is 0.493 e. The topological polar surface area (TPSA) is 115 Å². The van der Waals surface area contributed by atoms with Crippen molar-refractivity contribution in [3.8, 4) is 17.2 Å². The summed E-state index contributed by atoms with van der Waals surface area (Å²) < 4.78 is 42.3. The van der Waals surface area contributed by atoms with E-state index in [1.807, 2.05) is 0 Å². The monoisotopic (exact) mass is 465 g/mol. The number of thiocarbonyl (C=S) groups is 1. The van der Waals surface area contributed by atoms with E-state index < -0.39 is 15.9 Å². The summed E-state index contributed by atoms with van der Waals surface area (Å²) in [4.78, 5) is 12.7. The number of rotatable bonds is 9. The molecule has 2 aromatic carbocycles. The van der Waals surface area contributed by atoms with Gasteiger partial charge in [0.2, 0.25) is 15.8 Å². The Morgan fingerprint density at radius 2 is 1.65 bits per heavy atom. The van der Waals surface area contributed by atoms with E-state index in [-0.39, 0.29) is 22.1 Å². The maximum Gasteiger partial charge on any atom is 0.257 e. The number of methoxy groups -OCH3 is 3. The molecule has 31 heavy (non-hydrogen) atoms. The van der Waals surface area contributed by atoms with Gasteiger partial charge in [-0.05, 0) is 48.6 Å². The molecule has 9 nitrogen and oxygen atoms in total. The first-order valence-electron chi connectivity index (χ1n) is 8.88. The van der Waals surface area contributed by atoms with Crippen molar-refractivity contribution in [2.75, 3.05) is 33.2 Å². The second kappa shape index (κ2) is 10.8. The molecule has 2 aromatic rings. The van der Waals surface area contributed by atoms with Gasteiger partial charge in [0.15, 0.2) is 16.6 Å². The number of sulfonamides is 1. The van der Waals surface area contributed by atoms with E-state index in [9.17, 15) is 13.2 Å². The molecule has 11 heteroatoms. The highest BCUT2D eigenvalue weighted by atomic mass is 32.2. The normalized spacial score (nSPS) is 10.7. The smallest absolute Gasteiger partial charge is 0.257 e. The zero-order valence-corrected chi connectivity index (χ0v) is 18.9. The van der Waals surface area contributed by atoms with Crippen LogP contribution in [0, 0.1) is 0 Å². The van der Waals surface area contributed by atoms with Crippen LogP contribution in [0.3, 0.4) is 0 Å². The lowest BCUT2D eigenvalue weighted by atomic mass is 10.1. The van der Waals surface area contributed by atoms with Gasteiger partial charge in [0.05, 0.1) is 26.2 Å². The van der Waals surface area contributed by atoms with Gasteiger partial charge in [-0.15, -0.1) is 6.58 Å². The van der Waals surface area contributed by atoms with Crippen molar-refractivity contribution in [3.05, 3.63) is 54.6 Å². The quantitative estimate of drug-likeness (QED) is 0.382. The molecule has 166 valence electrons. The summed E-state index contributed by atoms with van der Waals surface area (Å²) in [5, 5.41) is 5.40. The van der Waals surface area contributed by atoms with Crippen LogP contribution in [-0.4, -0.2) is 47.3 Å². The lowest BCUT2D eigenvalue weighted by molar-refractivity contribution is 0.0977. The molecule has 0 bridgehead atoms. The lowest BCUT2D eigenvalue weighted by Gasteiger charge is -2.14. The zero-order chi connectivity index (χ0) is 23.0. The van der Waals surface area contributed by atoms with Gasteiger partial charge in [-0.2, -0.15) is 0 Å². The van der Waals surface area contributed by atoms with E-state index in [1.165, 1.54) is 63.8 Å². The summed E-state index contributed by atoms with van der Waals surface area (Å²) >= 11 is 5.18. The Kier molecular flexibility index (Phi) is 8.37. The van der Waals surface area contributed by atoms with Crippen molar-refractivity contribution < 1.29 is 27.4 Å². The van der Waals surface area contributed by atoms with Crippen LogP contribution in [0.15, 0.2) is 53.9 Å². The number of amides is 1. The van der Waals surface area contributed by atoms with Gasteiger partial charge in [0.1, 0.15) is 0 Å². The van der Waals surface area contributed by atoms with Gasteiger partial charge in [0, 0.05) is 17.8 Å². The van der Waals surface area contributed by atoms with Gasteiger partial charge < -0.3 is 19.5 Å². The number of nitrogens with one attached hydrogen (secondary N) is 3. The number of hydrogen-bond donors (Lipinski definition) is 3. The number of carbonyl (C=O) groups excluding carboxylic acids is 1. The maximum absolute atomic E-state index is 12.6. The van der Waals surface area contributed by atoms with Crippen molar-refractivity contribution in [2.24, 2.45) is 0 Å². The van der Waals surface area contributed by atoms with Crippen LogP contribution in [0.4, 0.5) is 5.69 Å². The Labute approximate surface area is 186 Å². The standard InChI is InChI=1S/C20H23N3O6S2/c1-5-10-21-31(25,26)15-8-6-14(7-9-15)22-20(30)23-19(24)13-11-16(27-2)18(29-4)17(12-13)28-3/h5-9,11-12,21H,1,10H2,2-4H3,(H2,22,23,24,30). The molecule has 1 amide bonds. The molecule has 0 spiro atoms. The molecule has 0 unspecified atom stereocenters. The fourth-order valence-corrected chi connectivity index (χ4v) is 3.73. The molecule has 0 aliphatic carbocycles. The molecule has 0 aromatic heterocycles. The second-order valence-corrected chi connectivity index (χ2v) is 8.16. The molecule has 0 atom stereocenters. The van der Waals surface area contributed by atoms with E-state index in [0.29, 0.717) is 22.9 Å². The number of hydrogen-bond acceptors (Lipinski definition) is 7. The predicted molar refractivity (Wildman–Crippen MR) is 122 cm³/mol. The van der Waals surface area contributed by atoms with Crippen molar-refractivity contribution in [3.63, 3.8) is 0 Å². The van der Waals surface area contributed by atoms with Crippen molar-refractivity contribution >= 4 is 38.9 Å². The fourth-order valence-electron chi connectivity index (χ4n) is 2.52. The highest BCUT2D eigenvalue weighted by Gasteiger charge is 2.18. The molecular weight excluding hydrogens is 442 g/mol. The van der Waals surface area contributed by atoms with Crippen LogP contribution in [0.5, 0.6) is 17.2 Å². The average Bonchev–Trinajstić information content (AvgIpc) is 2.76. The minimum Gasteiger partial charge on any atom is -0.493 e. The fraction of sp³-hybridized carbons (Fsp3) is 0.200. The first-order chi connectivity index (χ1) is 14.7. The van der Waals surface area contributed by atoms with E-state index in [1.54, 1.807) is 0 Å². The summed E-state index contributed by atoms with van der Waals surface area (Å²) in [5.74, 6) is 0.518. The number of ether oxygens (including phenoxy) is 3. The van der Waals surface area contributed by atoms with E-state index in [0.717, 1.165) is 0 Å². The third-order valence-electron chi connectivity index (χ3n) is 3.99. The second-order valence-electron chi connectivity index (χ2n) is 5.99. The molecule has 0 saturated carbocycles. The molecule has 0 aliphatic rings. The predicted octanol–water partition coefficient (Wildman–Crippen LogP) is 2.30. The van der Waals surface area contributed by atoms with Crippen LogP contribution in [-0.2, 0) is 10.0 Å². The molecular formula is C20H23N3O6S2. The summed E-state index contributed by atoms with van der Waals surface area (Å²) in [6.45, 7) is 3.60. The Bertz CT molecular complexity index is 1040. The summed E-state index contributed by atoms with van der Waals surface area (Å²) in [5.41, 5.74) is 0.742. The first kappa shape index (κ1) is 24.1. The van der Waals surface area contributed by atoms with Gasteiger partial charge in [-0.1, -0.05) is 6.08 Å². The minimum atomic E-state index is -3.63. The zero-order valence-electron chi connectivity index (χ0n) is 17.2. The van der Waals surface area contributed by atoms with Crippen LogP contribution in [0.1, 0.15) is 10.4 Å². The molecule has 0 fully saturated rings. The third-order valence-corrected chi connectivity index (χ3v) is 5.64. The Morgan fingerprint density at radius 3 is 2.13 bits per heavy atom. The summed E-state index contributed by atoms with van der Waals surface area (Å²) in [6, 6.07) is 8.87. The molecule has 0 aliphatic heterocycles. The van der Waals surface area contributed by atoms with Crippen LogP contribution in [0.2, 0.25) is 0 Å². The molecule has 0 heterocycles. The summed E-state index contributed by atoms with van der Waals surface area (Å²) in [6.07, 6.45) is 1.45. The average molecular weight is 466 g/mol. The first-order valence-corrected chi connectivity index (χ1v) is 10.8. The van der Waals surface area contributed by atoms with Crippen LogP contribution < -0.4 is 29.6 Å². The number of carbonyl (C=O) groups is 1. The van der Waals surface area contributed by atoms with Crippen molar-refractivity contribution in [1.29, 1.82) is 0 Å². The van der Waals surface area contributed by atoms with E-state index in [4.69, 9.17) is 26.4 Å². The van der Waals surface area contributed by atoms with Gasteiger partial charge in [-0.25, -0.2) is 13.1 Å². The SMILES string of the molecule is C=CCNS(=O)(=O)c1ccc(NC(=S)NC(=O)c2cc(OC)c(OC)c(OC)c2)cc1. The Balaban J connectivity index is 2.09. The molecule has 2 rings (SSSR count). The van der Waals surface area contributed by atoms with Crippen LogP contribution >= 0.6 is 12.2 Å². The Hall–Kier alpha value is -3.15. The lowest BCUT2D eigenvalue weighted by Crippen LogP contribution is -2.34. The number of benzene rings is 2. The maximum atomic E-state index is 12.6. The highest BCUT2D eigenvalue weighted by molar-refractivity contribution is 7.89. The molecule has 0 saturated heterocycles. The van der Waals surface area contributed by atoms with Crippen LogP contribution in [0.25, 0.3) is 0 Å². The van der Waals surface area contributed by atoms with Gasteiger partial charge >= 0.3 is 0 Å². The minimum absolute atomic E-state index is 0.0270. The molecule has 0 radical (unpaired) electrons. The van der Waals surface area contributed by atoms with Gasteiger partial charge in [-0.3, -0.25) is 10.1 Å². The highest BCUT2D eigenvalue weighted by Crippen LogP contribution is 2.38. The number of anilines is 1. The summed E-state index contributed by atoms with van der Waals surface area (Å²) in [7, 11) is 0.729. The van der Waals surface area contributed by atoms with Crippen molar-refractivity contribution in [2.45, 2.75) is 4.90 Å².